The maximum absolute atomic E-state index is 12.7. The van der Waals surface area contributed by atoms with E-state index < -0.39 is 0 Å². The number of benzene rings is 1. The van der Waals surface area contributed by atoms with Crippen molar-refractivity contribution in [3.63, 3.8) is 0 Å². The van der Waals surface area contributed by atoms with Crippen LogP contribution in [0.15, 0.2) is 30.3 Å². The molecule has 1 fully saturated rings. The van der Waals surface area contributed by atoms with Crippen molar-refractivity contribution < 1.29 is 4.79 Å². The fourth-order valence-electron chi connectivity index (χ4n) is 3.07. The summed E-state index contributed by atoms with van der Waals surface area (Å²) < 4.78 is 0. The molecule has 1 aromatic carbocycles. The lowest BCUT2D eigenvalue weighted by molar-refractivity contribution is 0.0786. The molecule has 1 atom stereocenters. The number of aryl methyl sites for hydroxylation is 1. The van der Waals surface area contributed by atoms with E-state index in [9.17, 15) is 4.79 Å². The predicted octanol–water partition coefficient (Wildman–Crippen LogP) is 2.22. The lowest BCUT2D eigenvalue weighted by Crippen LogP contribution is -2.31. The highest BCUT2D eigenvalue weighted by Crippen LogP contribution is 2.22. The van der Waals surface area contributed by atoms with Crippen molar-refractivity contribution in [1.29, 1.82) is 0 Å². The number of amides is 1. The molecule has 1 N–H and O–H groups in total. The highest BCUT2D eigenvalue weighted by molar-refractivity contribution is 5.98. The highest BCUT2D eigenvalue weighted by atomic mass is 16.2. The van der Waals surface area contributed by atoms with Gasteiger partial charge in [-0.2, -0.15) is 0 Å². The molecule has 110 valence electrons. The molecule has 0 bridgehead atoms. The van der Waals surface area contributed by atoms with E-state index in [2.05, 4.69) is 10.3 Å². The second-order valence-corrected chi connectivity index (χ2v) is 5.78. The number of fused-ring (bicyclic) bond motifs is 1. The third-order valence-corrected chi connectivity index (χ3v) is 4.21. The van der Waals surface area contributed by atoms with E-state index in [0.717, 1.165) is 48.2 Å². The molecule has 21 heavy (non-hydrogen) atoms. The first-order valence-electron chi connectivity index (χ1n) is 7.49. The molecular formula is C17H21N3O. The van der Waals surface area contributed by atoms with E-state index in [-0.39, 0.29) is 5.91 Å². The molecule has 1 unspecified atom stereocenters. The molecule has 2 heterocycles. The molecule has 0 radical (unpaired) electrons. The molecule has 1 aromatic heterocycles. The van der Waals surface area contributed by atoms with Crippen LogP contribution in [-0.2, 0) is 0 Å². The second-order valence-electron chi connectivity index (χ2n) is 5.78. The van der Waals surface area contributed by atoms with Gasteiger partial charge < -0.3 is 10.2 Å². The summed E-state index contributed by atoms with van der Waals surface area (Å²) in [5.41, 5.74) is 2.50. The van der Waals surface area contributed by atoms with E-state index in [0.29, 0.717) is 5.92 Å². The number of nitrogens with zero attached hydrogens (tertiary/aromatic N) is 2. The van der Waals surface area contributed by atoms with Crippen molar-refractivity contribution in [3.8, 4) is 0 Å². The average molecular weight is 283 g/mol. The van der Waals surface area contributed by atoms with Crippen LogP contribution in [0.3, 0.4) is 0 Å². The topological polar surface area (TPSA) is 45.2 Å². The predicted molar refractivity (Wildman–Crippen MR) is 84.4 cm³/mol. The molecule has 0 aliphatic carbocycles. The Labute approximate surface area is 125 Å². The first-order valence-corrected chi connectivity index (χ1v) is 7.49. The van der Waals surface area contributed by atoms with Crippen molar-refractivity contribution in [1.82, 2.24) is 15.2 Å². The lowest BCUT2D eigenvalue weighted by atomic mass is 10.1. The Bertz CT molecular complexity index is 668. The zero-order valence-electron chi connectivity index (χ0n) is 12.6. The minimum atomic E-state index is 0.115. The smallest absolute Gasteiger partial charge is 0.255 e. The molecule has 3 rings (SSSR count). The van der Waals surface area contributed by atoms with Crippen LogP contribution < -0.4 is 5.32 Å². The largest absolute Gasteiger partial charge is 0.338 e. The highest BCUT2D eigenvalue weighted by Gasteiger charge is 2.27. The molecule has 4 heteroatoms. The van der Waals surface area contributed by atoms with Crippen molar-refractivity contribution in [3.05, 3.63) is 41.6 Å². The summed E-state index contributed by atoms with van der Waals surface area (Å²) in [6.45, 7) is 4.57. The Morgan fingerprint density at radius 2 is 2.24 bits per heavy atom. The number of para-hydroxylation sites is 1. The van der Waals surface area contributed by atoms with E-state index in [1.54, 1.807) is 0 Å². The lowest BCUT2D eigenvalue weighted by Gasteiger charge is -2.18. The van der Waals surface area contributed by atoms with Gasteiger partial charge in [0.2, 0.25) is 0 Å². The van der Waals surface area contributed by atoms with Crippen LogP contribution in [0.4, 0.5) is 0 Å². The molecule has 0 saturated carbocycles. The molecule has 2 aromatic rings. The third kappa shape index (κ3) is 2.76. The van der Waals surface area contributed by atoms with Gasteiger partial charge in [0.15, 0.2) is 0 Å². The second kappa shape index (κ2) is 5.82. The van der Waals surface area contributed by atoms with Crippen molar-refractivity contribution >= 4 is 16.8 Å². The number of carbonyl (C=O) groups is 1. The van der Waals surface area contributed by atoms with Gasteiger partial charge in [-0.3, -0.25) is 9.78 Å². The van der Waals surface area contributed by atoms with Gasteiger partial charge in [0.25, 0.3) is 5.91 Å². The fraction of sp³-hybridized carbons (Fsp3) is 0.412. The minimum Gasteiger partial charge on any atom is -0.338 e. The van der Waals surface area contributed by atoms with Crippen molar-refractivity contribution in [2.24, 2.45) is 5.92 Å². The van der Waals surface area contributed by atoms with Gasteiger partial charge in [0.1, 0.15) is 0 Å². The van der Waals surface area contributed by atoms with Crippen LogP contribution >= 0.6 is 0 Å². The summed E-state index contributed by atoms with van der Waals surface area (Å²) in [5, 5.41) is 4.22. The standard InChI is InChI=1S/C17H21N3O/c1-12-15(9-14-5-3-4-6-16(14)19-12)17(21)20-8-7-13(11-20)10-18-2/h3-6,9,13,18H,7-8,10-11H2,1-2H3. The van der Waals surface area contributed by atoms with E-state index in [1.165, 1.54) is 0 Å². The molecule has 4 nitrogen and oxygen atoms in total. The fourth-order valence-corrected chi connectivity index (χ4v) is 3.07. The van der Waals surface area contributed by atoms with Crippen LogP contribution in [0, 0.1) is 12.8 Å². The van der Waals surface area contributed by atoms with Crippen molar-refractivity contribution in [2.45, 2.75) is 13.3 Å². The van der Waals surface area contributed by atoms with Crippen LogP contribution in [0.1, 0.15) is 22.5 Å². The Morgan fingerprint density at radius 1 is 1.43 bits per heavy atom. The van der Waals surface area contributed by atoms with E-state index >= 15 is 0 Å². The normalized spacial score (nSPS) is 18.4. The number of hydrogen-bond donors (Lipinski definition) is 1. The summed E-state index contributed by atoms with van der Waals surface area (Å²) in [4.78, 5) is 19.2. The van der Waals surface area contributed by atoms with Crippen molar-refractivity contribution in [2.75, 3.05) is 26.7 Å². The monoisotopic (exact) mass is 283 g/mol. The Balaban J connectivity index is 1.86. The SMILES string of the molecule is CNCC1CCN(C(=O)c2cc3ccccc3nc2C)C1. The summed E-state index contributed by atoms with van der Waals surface area (Å²) in [6.07, 6.45) is 1.08. The number of aromatic nitrogens is 1. The molecule has 1 aliphatic rings. The van der Waals surface area contributed by atoms with Crippen LogP contribution in [0.2, 0.25) is 0 Å². The van der Waals surface area contributed by atoms with E-state index in [1.807, 2.05) is 49.2 Å². The van der Waals surface area contributed by atoms with E-state index in [4.69, 9.17) is 0 Å². The number of rotatable bonds is 3. The third-order valence-electron chi connectivity index (χ3n) is 4.21. The van der Waals surface area contributed by atoms with Gasteiger partial charge in [0, 0.05) is 18.5 Å². The van der Waals surface area contributed by atoms with Crippen LogP contribution in [0.25, 0.3) is 10.9 Å². The number of nitrogens with one attached hydrogen (secondary N) is 1. The number of hydrogen-bond acceptors (Lipinski definition) is 3. The summed E-state index contributed by atoms with van der Waals surface area (Å²) in [5.74, 6) is 0.678. The number of pyridine rings is 1. The zero-order valence-corrected chi connectivity index (χ0v) is 12.6. The first-order chi connectivity index (χ1) is 10.2. The molecule has 0 spiro atoms. The Morgan fingerprint density at radius 3 is 3.05 bits per heavy atom. The quantitative estimate of drug-likeness (QED) is 0.939. The van der Waals surface area contributed by atoms with Gasteiger partial charge in [-0.15, -0.1) is 0 Å². The summed E-state index contributed by atoms with van der Waals surface area (Å²) in [7, 11) is 1.96. The maximum Gasteiger partial charge on any atom is 0.255 e. The Kier molecular flexibility index (Phi) is 3.88. The average Bonchev–Trinajstić information content (AvgIpc) is 2.95. The van der Waals surface area contributed by atoms with Crippen LogP contribution in [-0.4, -0.2) is 42.5 Å². The first kappa shape index (κ1) is 14.0. The molecule has 1 amide bonds. The number of likely N-dealkylation sites (tertiary alicyclic amines) is 1. The maximum atomic E-state index is 12.7. The summed E-state index contributed by atoms with van der Waals surface area (Å²) >= 11 is 0. The van der Waals surface area contributed by atoms with Gasteiger partial charge in [-0.1, -0.05) is 18.2 Å². The zero-order chi connectivity index (χ0) is 14.8. The molecular weight excluding hydrogens is 262 g/mol. The van der Waals surface area contributed by atoms with Gasteiger partial charge in [-0.25, -0.2) is 0 Å². The molecule has 1 saturated heterocycles. The van der Waals surface area contributed by atoms with Gasteiger partial charge >= 0.3 is 0 Å². The Hall–Kier alpha value is -1.94. The summed E-state index contributed by atoms with van der Waals surface area (Å²) in [6, 6.07) is 9.92. The number of carbonyl (C=O) groups excluding carboxylic acids is 1. The van der Waals surface area contributed by atoms with Gasteiger partial charge in [-0.05, 0) is 45.0 Å². The van der Waals surface area contributed by atoms with Gasteiger partial charge in [0.05, 0.1) is 16.8 Å². The molecule has 1 aliphatic heterocycles. The van der Waals surface area contributed by atoms with Crippen LogP contribution in [0.5, 0.6) is 0 Å². The minimum absolute atomic E-state index is 0.115.